The quantitative estimate of drug-likeness (QED) is 0.661. The van der Waals surface area contributed by atoms with Crippen LogP contribution in [0.1, 0.15) is 25.3 Å². The summed E-state index contributed by atoms with van der Waals surface area (Å²) in [6, 6.07) is 8.52. The van der Waals surface area contributed by atoms with Crippen LogP contribution in [-0.2, 0) is 5.41 Å². The van der Waals surface area contributed by atoms with Gasteiger partial charge in [0.15, 0.2) is 0 Å². The van der Waals surface area contributed by atoms with Crippen LogP contribution in [0.5, 0.6) is 0 Å². The van der Waals surface area contributed by atoms with E-state index >= 15 is 0 Å². The average molecular weight is 183 g/mol. The summed E-state index contributed by atoms with van der Waals surface area (Å²) in [5, 5.41) is 2.64. The number of rotatable bonds is 1. The van der Waals surface area contributed by atoms with Crippen molar-refractivity contribution in [2.45, 2.75) is 25.2 Å². The van der Waals surface area contributed by atoms with Crippen LogP contribution in [0, 0.1) is 0 Å². The van der Waals surface area contributed by atoms with Gasteiger partial charge in [-0.25, -0.2) is 0 Å². The first kappa shape index (κ1) is 7.98. The van der Waals surface area contributed by atoms with E-state index in [1.807, 2.05) is 12.4 Å². The third kappa shape index (κ3) is 1.05. The number of hydrogen-bond donors (Lipinski definition) is 0. The normalized spacial score (nSPS) is 18.4. The van der Waals surface area contributed by atoms with Crippen LogP contribution in [-0.4, -0.2) is 4.98 Å². The number of pyridine rings is 1. The highest BCUT2D eigenvalue weighted by Gasteiger charge is 2.40. The van der Waals surface area contributed by atoms with E-state index in [2.05, 4.69) is 36.2 Å². The molecule has 2 aromatic rings. The molecule has 0 saturated heterocycles. The maximum Gasteiger partial charge on any atom is 0.0346 e. The molecule has 0 amide bonds. The molecule has 0 unspecified atom stereocenters. The highest BCUT2D eigenvalue weighted by molar-refractivity contribution is 5.85. The molecule has 1 heterocycles. The lowest BCUT2D eigenvalue weighted by molar-refractivity contribution is 0.791. The van der Waals surface area contributed by atoms with Crippen LogP contribution >= 0.6 is 0 Å². The van der Waals surface area contributed by atoms with Gasteiger partial charge < -0.3 is 0 Å². The highest BCUT2D eigenvalue weighted by Crippen LogP contribution is 2.49. The lowest BCUT2D eigenvalue weighted by Gasteiger charge is -2.11. The van der Waals surface area contributed by atoms with Gasteiger partial charge in [-0.05, 0) is 29.2 Å². The van der Waals surface area contributed by atoms with Gasteiger partial charge in [-0.3, -0.25) is 4.98 Å². The summed E-state index contributed by atoms with van der Waals surface area (Å²) in [5.74, 6) is 0. The summed E-state index contributed by atoms with van der Waals surface area (Å²) in [4.78, 5) is 4.32. The van der Waals surface area contributed by atoms with Gasteiger partial charge in [0, 0.05) is 17.8 Å². The van der Waals surface area contributed by atoms with Crippen molar-refractivity contribution >= 4 is 10.8 Å². The van der Waals surface area contributed by atoms with Crippen LogP contribution < -0.4 is 0 Å². The van der Waals surface area contributed by atoms with E-state index in [-0.39, 0.29) is 0 Å². The van der Waals surface area contributed by atoms with Crippen LogP contribution in [0.25, 0.3) is 10.8 Å². The average Bonchev–Trinajstić information content (AvgIpc) is 2.97. The SMILES string of the molecule is CC1(c2cncc3ccccc23)CC1. The lowest BCUT2D eigenvalue weighted by atomic mass is 9.95. The summed E-state index contributed by atoms with van der Waals surface area (Å²) in [6.07, 6.45) is 6.60. The van der Waals surface area contributed by atoms with E-state index in [9.17, 15) is 0 Å². The fourth-order valence-electron chi connectivity index (χ4n) is 2.05. The Morgan fingerprint density at radius 1 is 1.14 bits per heavy atom. The number of benzene rings is 1. The van der Waals surface area contributed by atoms with Gasteiger partial charge in [-0.15, -0.1) is 0 Å². The minimum absolute atomic E-state index is 0.411. The van der Waals surface area contributed by atoms with Gasteiger partial charge in [0.05, 0.1) is 0 Å². The molecule has 1 saturated carbocycles. The van der Waals surface area contributed by atoms with Crippen molar-refractivity contribution in [2.24, 2.45) is 0 Å². The van der Waals surface area contributed by atoms with Crippen molar-refractivity contribution in [1.82, 2.24) is 4.98 Å². The zero-order valence-corrected chi connectivity index (χ0v) is 8.33. The van der Waals surface area contributed by atoms with Crippen molar-refractivity contribution in [3.63, 3.8) is 0 Å². The van der Waals surface area contributed by atoms with Crippen LogP contribution in [0.2, 0.25) is 0 Å². The summed E-state index contributed by atoms with van der Waals surface area (Å²) < 4.78 is 0. The van der Waals surface area contributed by atoms with E-state index in [1.54, 1.807) is 0 Å². The third-order valence-electron chi connectivity index (χ3n) is 3.32. The summed E-state index contributed by atoms with van der Waals surface area (Å²) in [5.41, 5.74) is 1.84. The van der Waals surface area contributed by atoms with Gasteiger partial charge in [0.1, 0.15) is 0 Å². The Morgan fingerprint density at radius 2 is 1.93 bits per heavy atom. The zero-order chi connectivity index (χ0) is 9.60. The Bertz CT molecular complexity index is 478. The number of nitrogens with zero attached hydrogens (tertiary/aromatic N) is 1. The molecule has 1 heteroatoms. The Balaban J connectivity index is 2.33. The molecule has 0 N–H and O–H groups in total. The molecule has 0 aliphatic heterocycles. The molecule has 1 fully saturated rings. The first-order valence-electron chi connectivity index (χ1n) is 5.13. The molecule has 14 heavy (non-hydrogen) atoms. The monoisotopic (exact) mass is 183 g/mol. The third-order valence-corrected chi connectivity index (χ3v) is 3.32. The second kappa shape index (κ2) is 2.57. The number of aromatic nitrogens is 1. The molecule has 1 nitrogen and oxygen atoms in total. The molecule has 0 radical (unpaired) electrons. The predicted octanol–water partition coefficient (Wildman–Crippen LogP) is 3.29. The maximum atomic E-state index is 4.32. The topological polar surface area (TPSA) is 12.9 Å². The van der Waals surface area contributed by atoms with E-state index in [4.69, 9.17) is 0 Å². The van der Waals surface area contributed by atoms with Gasteiger partial charge in [0.25, 0.3) is 0 Å². The first-order valence-corrected chi connectivity index (χ1v) is 5.13. The minimum atomic E-state index is 0.411. The number of fused-ring (bicyclic) bond motifs is 1. The molecule has 0 spiro atoms. The molecule has 70 valence electrons. The van der Waals surface area contributed by atoms with Crippen molar-refractivity contribution < 1.29 is 0 Å². The zero-order valence-electron chi connectivity index (χ0n) is 8.33. The van der Waals surface area contributed by atoms with Gasteiger partial charge in [-0.2, -0.15) is 0 Å². The van der Waals surface area contributed by atoms with E-state index < -0.39 is 0 Å². The largest absolute Gasteiger partial charge is 0.264 e. The van der Waals surface area contributed by atoms with Gasteiger partial charge in [0.2, 0.25) is 0 Å². The molecule has 0 bridgehead atoms. The Morgan fingerprint density at radius 3 is 2.71 bits per heavy atom. The Hall–Kier alpha value is -1.37. The smallest absolute Gasteiger partial charge is 0.0346 e. The van der Waals surface area contributed by atoms with Crippen molar-refractivity contribution in [3.05, 3.63) is 42.2 Å². The van der Waals surface area contributed by atoms with Crippen molar-refractivity contribution in [1.29, 1.82) is 0 Å². The summed E-state index contributed by atoms with van der Waals surface area (Å²) in [6.45, 7) is 2.33. The second-order valence-electron chi connectivity index (χ2n) is 4.47. The van der Waals surface area contributed by atoms with Crippen LogP contribution in [0.3, 0.4) is 0 Å². The first-order chi connectivity index (χ1) is 6.80. The molecule has 1 aromatic heterocycles. The molecule has 1 aromatic carbocycles. The fourth-order valence-corrected chi connectivity index (χ4v) is 2.05. The molecule has 0 atom stereocenters. The molecule has 3 rings (SSSR count). The van der Waals surface area contributed by atoms with E-state index in [0.717, 1.165) is 0 Å². The summed E-state index contributed by atoms with van der Waals surface area (Å²) in [7, 11) is 0. The molecular formula is C13H13N. The standard InChI is InChI=1S/C13H13N/c1-13(6-7-13)12-9-14-8-10-4-2-3-5-11(10)12/h2-5,8-9H,6-7H2,1H3. The van der Waals surface area contributed by atoms with E-state index in [0.29, 0.717) is 5.41 Å². The lowest BCUT2D eigenvalue weighted by Crippen LogP contribution is -2.01. The molecular weight excluding hydrogens is 170 g/mol. The second-order valence-corrected chi connectivity index (χ2v) is 4.47. The minimum Gasteiger partial charge on any atom is -0.264 e. The molecule has 1 aliphatic carbocycles. The van der Waals surface area contributed by atoms with Crippen LogP contribution in [0.4, 0.5) is 0 Å². The van der Waals surface area contributed by atoms with E-state index in [1.165, 1.54) is 29.2 Å². The fraction of sp³-hybridized carbons (Fsp3) is 0.308. The Labute approximate surface area is 83.8 Å². The maximum absolute atomic E-state index is 4.32. The van der Waals surface area contributed by atoms with Gasteiger partial charge in [-0.1, -0.05) is 31.2 Å². The Kier molecular flexibility index (Phi) is 1.46. The predicted molar refractivity (Wildman–Crippen MR) is 58.3 cm³/mol. The van der Waals surface area contributed by atoms with Gasteiger partial charge >= 0.3 is 0 Å². The molecule has 1 aliphatic rings. The van der Waals surface area contributed by atoms with Crippen molar-refractivity contribution in [3.8, 4) is 0 Å². The summed E-state index contributed by atoms with van der Waals surface area (Å²) >= 11 is 0. The van der Waals surface area contributed by atoms with Crippen molar-refractivity contribution in [2.75, 3.05) is 0 Å². The highest BCUT2D eigenvalue weighted by atomic mass is 14.6. The van der Waals surface area contributed by atoms with Crippen LogP contribution in [0.15, 0.2) is 36.7 Å². The number of hydrogen-bond acceptors (Lipinski definition) is 1.